The molecule has 1 aromatic carbocycles. The largest absolute Gasteiger partial charge is 0.381 e. The minimum Gasteiger partial charge on any atom is -0.381 e. The van der Waals surface area contributed by atoms with Crippen molar-refractivity contribution in [1.29, 1.82) is 0 Å². The lowest BCUT2D eigenvalue weighted by Gasteiger charge is -2.28. The van der Waals surface area contributed by atoms with Gasteiger partial charge in [-0.2, -0.15) is 4.98 Å². The van der Waals surface area contributed by atoms with Crippen molar-refractivity contribution in [2.45, 2.75) is 32.4 Å². The second kappa shape index (κ2) is 7.38. The summed E-state index contributed by atoms with van der Waals surface area (Å²) in [4.78, 5) is 4.34. The fourth-order valence-electron chi connectivity index (χ4n) is 2.86. The predicted molar refractivity (Wildman–Crippen MR) is 83.6 cm³/mol. The van der Waals surface area contributed by atoms with Gasteiger partial charge in [0.25, 0.3) is 0 Å². The first-order valence-corrected chi connectivity index (χ1v) is 8.07. The number of hydrogen-bond donors (Lipinski definition) is 1. The maximum absolute atomic E-state index is 14.0. The lowest BCUT2D eigenvalue weighted by atomic mass is 9.91. The summed E-state index contributed by atoms with van der Waals surface area (Å²) < 4.78 is 24.7. The summed E-state index contributed by atoms with van der Waals surface area (Å²) in [7, 11) is 0. The second-order valence-electron chi connectivity index (χ2n) is 5.69. The van der Waals surface area contributed by atoms with Crippen molar-refractivity contribution in [2.75, 3.05) is 13.2 Å². The number of halogens is 2. The van der Waals surface area contributed by atoms with Crippen molar-refractivity contribution in [2.24, 2.45) is 5.92 Å². The Labute approximate surface area is 139 Å². The zero-order chi connectivity index (χ0) is 16.2. The number of benzene rings is 1. The monoisotopic (exact) mass is 339 g/mol. The minimum atomic E-state index is -0.322. The van der Waals surface area contributed by atoms with Crippen molar-refractivity contribution in [3.8, 4) is 0 Å². The van der Waals surface area contributed by atoms with E-state index in [1.807, 2.05) is 0 Å². The van der Waals surface area contributed by atoms with E-state index in [1.54, 1.807) is 19.1 Å². The molecule has 0 amide bonds. The van der Waals surface area contributed by atoms with Crippen LogP contribution in [-0.4, -0.2) is 23.4 Å². The molecule has 1 atom stereocenters. The average Bonchev–Trinajstić information content (AvgIpc) is 2.97. The van der Waals surface area contributed by atoms with Crippen molar-refractivity contribution in [3.05, 3.63) is 46.3 Å². The van der Waals surface area contributed by atoms with Crippen LogP contribution in [0.2, 0.25) is 5.02 Å². The van der Waals surface area contributed by atoms with Crippen LogP contribution in [0.5, 0.6) is 0 Å². The number of aryl methyl sites for hydroxylation is 1. The Balaban J connectivity index is 1.78. The smallest absolute Gasteiger partial charge is 0.244 e. The first-order valence-electron chi connectivity index (χ1n) is 7.69. The molecule has 5 nitrogen and oxygen atoms in total. The molecule has 1 N–H and O–H groups in total. The maximum Gasteiger partial charge on any atom is 0.244 e. The highest BCUT2D eigenvalue weighted by Crippen LogP contribution is 2.30. The standard InChI is InChI=1S/C16H19ClFN3O2/c1-10-20-16(23-21-10)15(11-5-7-22-8-6-11)19-9-12-13(17)3-2-4-14(12)18/h2-4,11,15,19H,5-9H2,1H3. The summed E-state index contributed by atoms with van der Waals surface area (Å²) in [5.74, 6) is 1.09. The molecule has 1 aliphatic heterocycles. The Morgan fingerprint density at radius 2 is 2.17 bits per heavy atom. The molecule has 7 heteroatoms. The molecule has 0 aliphatic carbocycles. The van der Waals surface area contributed by atoms with Crippen molar-refractivity contribution in [1.82, 2.24) is 15.5 Å². The summed E-state index contributed by atoms with van der Waals surface area (Å²) >= 11 is 6.10. The SMILES string of the molecule is Cc1noc(C(NCc2c(F)cccc2Cl)C2CCOCC2)n1. The van der Waals surface area contributed by atoms with Gasteiger partial charge in [0, 0.05) is 30.3 Å². The van der Waals surface area contributed by atoms with E-state index in [-0.39, 0.29) is 11.9 Å². The number of nitrogens with one attached hydrogen (secondary N) is 1. The highest BCUT2D eigenvalue weighted by atomic mass is 35.5. The van der Waals surface area contributed by atoms with Crippen LogP contribution in [0.3, 0.4) is 0 Å². The lowest BCUT2D eigenvalue weighted by Crippen LogP contribution is -2.32. The molecule has 1 fully saturated rings. The zero-order valence-electron chi connectivity index (χ0n) is 12.9. The Bertz CT molecular complexity index is 638. The molecule has 0 bridgehead atoms. The predicted octanol–water partition coefficient (Wildman–Crippen LogP) is 3.43. The summed E-state index contributed by atoms with van der Waals surface area (Å²) in [6.45, 7) is 3.49. The van der Waals surface area contributed by atoms with Crippen LogP contribution in [0.4, 0.5) is 4.39 Å². The van der Waals surface area contributed by atoms with Gasteiger partial charge < -0.3 is 14.6 Å². The molecule has 0 saturated carbocycles. The van der Waals surface area contributed by atoms with E-state index < -0.39 is 0 Å². The third kappa shape index (κ3) is 3.88. The van der Waals surface area contributed by atoms with E-state index in [4.69, 9.17) is 20.9 Å². The number of hydrogen-bond acceptors (Lipinski definition) is 5. The third-order valence-electron chi connectivity index (χ3n) is 4.11. The topological polar surface area (TPSA) is 60.2 Å². The molecule has 2 aromatic rings. The normalized spacial score (nSPS) is 17.3. The number of nitrogens with zero attached hydrogens (tertiary/aromatic N) is 2. The fraction of sp³-hybridized carbons (Fsp3) is 0.500. The van der Waals surface area contributed by atoms with Gasteiger partial charge in [-0.1, -0.05) is 22.8 Å². The number of aromatic nitrogens is 2. The van der Waals surface area contributed by atoms with Gasteiger partial charge in [-0.3, -0.25) is 0 Å². The zero-order valence-corrected chi connectivity index (χ0v) is 13.6. The van der Waals surface area contributed by atoms with Gasteiger partial charge in [0.1, 0.15) is 5.82 Å². The van der Waals surface area contributed by atoms with Crippen LogP contribution < -0.4 is 5.32 Å². The highest BCUT2D eigenvalue weighted by molar-refractivity contribution is 6.31. The van der Waals surface area contributed by atoms with E-state index in [0.29, 0.717) is 48.0 Å². The number of ether oxygens (including phenoxy) is 1. The third-order valence-corrected chi connectivity index (χ3v) is 4.46. The van der Waals surface area contributed by atoms with E-state index in [0.717, 1.165) is 12.8 Å². The second-order valence-corrected chi connectivity index (χ2v) is 6.10. The fourth-order valence-corrected chi connectivity index (χ4v) is 3.09. The van der Waals surface area contributed by atoms with Gasteiger partial charge in [0.2, 0.25) is 5.89 Å². The van der Waals surface area contributed by atoms with E-state index in [1.165, 1.54) is 6.07 Å². The van der Waals surface area contributed by atoms with Crippen LogP contribution >= 0.6 is 11.6 Å². The molecule has 1 aliphatic rings. The summed E-state index contributed by atoms with van der Waals surface area (Å²) in [6, 6.07) is 4.54. The Hall–Kier alpha value is -1.50. The van der Waals surface area contributed by atoms with E-state index in [2.05, 4.69) is 15.5 Å². The Morgan fingerprint density at radius 1 is 1.39 bits per heavy atom. The van der Waals surface area contributed by atoms with Crippen molar-refractivity contribution >= 4 is 11.6 Å². The lowest BCUT2D eigenvalue weighted by molar-refractivity contribution is 0.0485. The maximum atomic E-state index is 14.0. The average molecular weight is 340 g/mol. The van der Waals surface area contributed by atoms with Crippen LogP contribution in [0.25, 0.3) is 0 Å². The van der Waals surface area contributed by atoms with Gasteiger partial charge >= 0.3 is 0 Å². The van der Waals surface area contributed by atoms with Gasteiger partial charge in [0.15, 0.2) is 5.82 Å². The molecule has 2 heterocycles. The van der Waals surface area contributed by atoms with Crippen molar-refractivity contribution < 1.29 is 13.7 Å². The Morgan fingerprint density at radius 3 is 2.83 bits per heavy atom. The highest BCUT2D eigenvalue weighted by Gasteiger charge is 2.29. The molecule has 23 heavy (non-hydrogen) atoms. The van der Waals surface area contributed by atoms with Gasteiger partial charge in [-0.05, 0) is 37.8 Å². The van der Waals surface area contributed by atoms with Crippen LogP contribution in [-0.2, 0) is 11.3 Å². The molecule has 0 radical (unpaired) electrons. The summed E-state index contributed by atoms with van der Waals surface area (Å²) in [5.41, 5.74) is 0.447. The van der Waals surface area contributed by atoms with Crippen LogP contribution in [0, 0.1) is 18.7 Å². The molecule has 124 valence electrons. The molecule has 0 spiro atoms. The van der Waals surface area contributed by atoms with E-state index >= 15 is 0 Å². The molecular formula is C16H19ClFN3O2. The van der Waals surface area contributed by atoms with Crippen LogP contribution in [0.1, 0.15) is 36.2 Å². The number of rotatable bonds is 5. The first-order chi connectivity index (χ1) is 11.1. The molecule has 1 saturated heterocycles. The van der Waals surface area contributed by atoms with E-state index in [9.17, 15) is 4.39 Å². The van der Waals surface area contributed by atoms with Crippen molar-refractivity contribution in [3.63, 3.8) is 0 Å². The molecule has 1 unspecified atom stereocenters. The minimum absolute atomic E-state index is 0.143. The molecule has 3 rings (SSSR count). The molecule has 1 aromatic heterocycles. The Kier molecular flexibility index (Phi) is 5.25. The summed E-state index contributed by atoms with van der Waals surface area (Å²) in [5, 5.41) is 7.61. The quantitative estimate of drug-likeness (QED) is 0.904. The first kappa shape index (κ1) is 16.4. The van der Waals surface area contributed by atoms with Gasteiger partial charge in [-0.15, -0.1) is 0 Å². The summed E-state index contributed by atoms with van der Waals surface area (Å²) in [6.07, 6.45) is 1.79. The van der Waals surface area contributed by atoms with Gasteiger partial charge in [-0.25, -0.2) is 4.39 Å². The van der Waals surface area contributed by atoms with Gasteiger partial charge in [0.05, 0.1) is 6.04 Å². The van der Waals surface area contributed by atoms with Crippen LogP contribution in [0.15, 0.2) is 22.7 Å². The molecular weight excluding hydrogens is 321 g/mol.